The van der Waals surface area contributed by atoms with Crippen LogP contribution < -0.4 is 26.6 Å². The molecule has 3 aliphatic carbocycles. The number of nitrogens with two attached hydrogens (primary N) is 1. The Balaban J connectivity index is 0.948. The Kier molecular flexibility index (Phi) is 12.0. The van der Waals surface area contributed by atoms with Crippen LogP contribution in [0.5, 0.6) is 0 Å². The predicted molar refractivity (Wildman–Crippen MR) is 168 cm³/mol. The van der Waals surface area contributed by atoms with Crippen LogP contribution in [0.15, 0.2) is 6.07 Å². The lowest BCUT2D eigenvalue weighted by Crippen LogP contribution is -2.48. The highest BCUT2D eigenvalue weighted by Crippen LogP contribution is 2.29. The first-order valence-electron chi connectivity index (χ1n) is 17.0. The van der Waals surface area contributed by atoms with Gasteiger partial charge in [-0.05, 0) is 95.2 Å². The minimum absolute atomic E-state index is 0.570. The van der Waals surface area contributed by atoms with Crippen molar-refractivity contribution in [3.63, 3.8) is 0 Å². The number of nitrogens with zero attached hydrogens (tertiary/aromatic N) is 4. The fourth-order valence-corrected chi connectivity index (χ4v) is 7.60. The average molecular weight is 555 g/mol. The van der Waals surface area contributed by atoms with E-state index in [0.29, 0.717) is 17.7 Å². The van der Waals surface area contributed by atoms with E-state index in [4.69, 9.17) is 10.7 Å². The van der Waals surface area contributed by atoms with Gasteiger partial charge in [-0.2, -0.15) is 9.97 Å². The lowest BCUT2D eigenvalue weighted by Gasteiger charge is -2.37. The van der Waals surface area contributed by atoms with Gasteiger partial charge in [0, 0.05) is 51.4 Å². The Morgan fingerprint density at radius 1 is 0.725 bits per heavy atom. The minimum Gasteiger partial charge on any atom is -0.383 e. The number of rotatable bonds is 13. The maximum atomic E-state index is 6.22. The monoisotopic (exact) mass is 554 g/mol. The topological polar surface area (TPSA) is 94.4 Å². The standard InChI is InChI=1S/C32H58N8/c33-30-22-31(40-20-18-39(19-21-40)25-28-8-3-1-4-9-28)38-32(37-30)36-24-27-14-12-26(13-15-27)23-34-16-7-17-35-29-10-5-2-6-11-29/h22,26-29,34-35H,1-21,23-25H2,(H3,33,36,37,38). The molecule has 1 aromatic rings. The number of piperazine rings is 1. The minimum atomic E-state index is 0.570. The van der Waals surface area contributed by atoms with Gasteiger partial charge in [0.2, 0.25) is 5.95 Å². The molecule has 40 heavy (non-hydrogen) atoms. The van der Waals surface area contributed by atoms with Crippen molar-refractivity contribution in [3.05, 3.63) is 6.07 Å². The molecule has 0 bridgehead atoms. The molecule has 8 nitrogen and oxygen atoms in total. The molecule has 0 aromatic carbocycles. The van der Waals surface area contributed by atoms with E-state index in [1.54, 1.807) is 0 Å². The summed E-state index contributed by atoms with van der Waals surface area (Å²) in [5.74, 6) is 4.69. The lowest BCUT2D eigenvalue weighted by atomic mass is 9.82. The fraction of sp³-hybridized carbons (Fsp3) is 0.875. The highest BCUT2D eigenvalue weighted by molar-refractivity contribution is 5.51. The lowest BCUT2D eigenvalue weighted by molar-refractivity contribution is 0.192. The molecule has 0 radical (unpaired) electrons. The molecule has 1 aromatic heterocycles. The summed E-state index contributed by atoms with van der Waals surface area (Å²) in [5, 5.41) is 11.0. The van der Waals surface area contributed by atoms with E-state index in [9.17, 15) is 0 Å². The highest BCUT2D eigenvalue weighted by atomic mass is 15.3. The molecule has 0 spiro atoms. The third-order valence-electron chi connectivity index (χ3n) is 10.2. The van der Waals surface area contributed by atoms with E-state index in [-0.39, 0.29) is 0 Å². The second kappa shape index (κ2) is 16.1. The third-order valence-corrected chi connectivity index (χ3v) is 10.2. The Labute approximate surface area is 244 Å². The van der Waals surface area contributed by atoms with Gasteiger partial charge in [0.25, 0.3) is 0 Å². The quantitative estimate of drug-likeness (QED) is 0.256. The summed E-state index contributed by atoms with van der Waals surface area (Å²) in [6, 6.07) is 2.74. The summed E-state index contributed by atoms with van der Waals surface area (Å²) in [6.07, 6.45) is 20.7. The van der Waals surface area contributed by atoms with Gasteiger partial charge in [-0.3, -0.25) is 4.90 Å². The summed E-state index contributed by atoms with van der Waals surface area (Å²) >= 11 is 0. The smallest absolute Gasteiger partial charge is 0.226 e. The third kappa shape index (κ3) is 9.73. The molecule has 226 valence electrons. The molecule has 1 saturated heterocycles. The molecule has 8 heteroatoms. The highest BCUT2D eigenvalue weighted by Gasteiger charge is 2.24. The molecule has 1 aliphatic heterocycles. The van der Waals surface area contributed by atoms with Crippen LogP contribution in [0.25, 0.3) is 0 Å². The van der Waals surface area contributed by atoms with Crippen LogP contribution in [0, 0.1) is 17.8 Å². The van der Waals surface area contributed by atoms with Crippen molar-refractivity contribution in [3.8, 4) is 0 Å². The van der Waals surface area contributed by atoms with Gasteiger partial charge in [-0.1, -0.05) is 38.5 Å². The van der Waals surface area contributed by atoms with E-state index >= 15 is 0 Å². The Hall–Kier alpha value is -1.64. The van der Waals surface area contributed by atoms with Crippen molar-refractivity contribution < 1.29 is 0 Å². The number of anilines is 3. The summed E-state index contributed by atoms with van der Waals surface area (Å²) in [4.78, 5) is 14.5. The van der Waals surface area contributed by atoms with Gasteiger partial charge >= 0.3 is 0 Å². The van der Waals surface area contributed by atoms with Crippen molar-refractivity contribution in [1.29, 1.82) is 0 Å². The van der Waals surface area contributed by atoms with Gasteiger partial charge in [-0.15, -0.1) is 0 Å². The molecule has 0 unspecified atom stereocenters. The summed E-state index contributed by atoms with van der Waals surface area (Å²) < 4.78 is 0. The van der Waals surface area contributed by atoms with Crippen molar-refractivity contribution in [1.82, 2.24) is 25.5 Å². The molecule has 0 amide bonds. The van der Waals surface area contributed by atoms with Gasteiger partial charge in [0.05, 0.1) is 0 Å². The van der Waals surface area contributed by atoms with Gasteiger partial charge in [0.15, 0.2) is 0 Å². The van der Waals surface area contributed by atoms with E-state index in [0.717, 1.165) is 63.0 Å². The Morgan fingerprint density at radius 3 is 2.12 bits per heavy atom. The molecule has 0 atom stereocenters. The Morgan fingerprint density at radius 2 is 1.40 bits per heavy atom. The summed E-state index contributed by atoms with van der Waals surface area (Å²) in [6.45, 7) is 10.0. The fourth-order valence-electron chi connectivity index (χ4n) is 7.60. The van der Waals surface area contributed by atoms with E-state index in [1.165, 1.54) is 116 Å². The van der Waals surface area contributed by atoms with Crippen LogP contribution in [-0.4, -0.2) is 79.8 Å². The number of nitrogens with one attached hydrogen (secondary N) is 3. The number of nitrogen functional groups attached to an aromatic ring is 1. The maximum absolute atomic E-state index is 6.22. The first-order valence-corrected chi connectivity index (χ1v) is 17.0. The van der Waals surface area contributed by atoms with E-state index in [2.05, 4.69) is 30.7 Å². The molecule has 4 aliphatic rings. The van der Waals surface area contributed by atoms with Crippen LogP contribution in [0.2, 0.25) is 0 Å². The van der Waals surface area contributed by atoms with Crippen LogP contribution in [-0.2, 0) is 0 Å². The number of hydrogen-bond donors (Lipinski definition) is 4. The molecule has 3 saturated carbocycles. The van der Waals surface area contributed by atoms with E-state index < -0.39 is 0 Å². The largest absolute Gasteiger partial charge is 0.383 e. The molecule has 2 heterocycles. The molecule has 5 rings (SSSR count). The zero-order valence-electron chi connectivity index (χ0n) is 25.2. The van der Waals surface area contributed by atoms with Crippen LogP contribution in [0.3, 0.4) is 0 Å². The van der Waals surface area contributed by atoms with Gasteiger partial charge in [-0.25, -0.2) is 0 Å². The SMILES string of the molecule is Nc1cc(N2CCN(CC3CCCCC3)CC2)nc(NCC2CCC(CNCCCNC3CCCCC3)CC2)n1. The van der Waals surface area contributed by atoms with Crippen molar-refractivity contribution in [2.24, 2.45) is 17.8 Å². The molecular formula is C32H58N8. The molecule has 4 fully saturated rings. The van der Waals surface area contributed by atoms with Gasteiger partial charge < -0.3 is 26.6 Å². The van der Waals surface area contributed by atoms with Crippen LogP contribution in [0.4, 0.5) is 17.6 Å². The van der Waals surface area contributed by atoms with Gasteiger partial charge in [0.1, 0.15) is 11.6 Å². The zero-order chi connectivity index (χ0) is 27.4. The summed E-state index contributed by atoms with van der Waals surface area (Å²) in [5.41, 5.74) is 6.22. The predicted octanol–water partition coefficient (Wildman–Crippen LogP) is 4.88. The number of aromatic nitrogens is 2. The second-order valence-electron chi connectivity index (χ2n) is 13.4. The maximum Gasteiger partial charge on any atom is 0.226 e. The average Bonchev–Trinajstić information content (AvgIpc) is 3.00. The molecule has 5 N–H and O–H groups in total. The van der Waals surface area contributed by atoms with Crippen molar-refractivity contribution >= 4 is 17.6 Å². The first kappa shape index (κ1) is 29.8. The van der Waals surface area contributed by atoms with Crippen molar-refractivity contribution in [2.75, 3.05) is 74.9 Å². The van der Waals surface area contributed by atoms with Crippen LogP contribution >= 0.6 is 0 Å². The van der Waals surface area contributed by atoms with E-state index in [1.807, 2.05) is 6.07 Å². The normalized spacial score (nSPS) is 25.8. The molecular weight excluding hydrogens is 496 g/mol. The zero-order valence-corrected chi connectivity index (χ0v) is 25.2. The number of hydrogen-bond acceptors (Lipinski definition) is 8. The second-order valence-corrected chi connectivity index (χ2v) is 13.4. The first-order chi connectivity index (χ1) is 19.7. The van der Waals surface area contributed by atoms with Crippen LogP contribution in [0.1, 0.15) is 96.3 Å². The Bertz CT molecular complexity index is 837. The summed E-state index contributed by atoms with van der Waals surface area (Å²) in [7, 11) is 0. The van der Waals surface area contributed by atoms with Crippen molar-refractivity contribution in [2.45, 2.75) is 102 Å².